The summed E-state index contributed by atoms with van der Waals surface area (Å²) in [5.74, 6) is 0.979. The summed E-state index contributed by atoms with van der Waals surface area (Å²) in [7, 11) is 0. The van der Waals surface area contributed by atoms with Crippen LogP contribution in [0.1, 0.15) is 50.7 Å². The molecule has 0 aliphatic heterocycles. The van der Waals surface area contributed by atoms with E-state index in [9.17, 15) is 0 Å². The lowest BCUT2D eigenvalue weighted by molar-refractivity contribution is 0.254. The molecule has 1 aliphatic rings. The zero-order valence-electron chi connectivity index (χ0n) is 13.2. The maximum atomic E-state index is 3.53. The van der Waals surface area contributed by atoms with Gasteiger partial charge in [-0.05, 0) is 55.8 Å². The van der Waals surface area contributed by atoms with Gasteiger partial charge in [0.1, 0.15) is 0 Å². The summed E-state index contributed by atoms with van der Waals surface area (Å²) in [6, 6.07) is 8.93. The van der Waals surface area contributed by atoms with Gasteiger partial charge in [-0.3, -0.25) is 4.90 Å². The second kappa shape index (κ2) is 8.43. The molecule has 2 rings (SSSR count). The van der Waals surface area contributed by atoms with Crippen LogP contribution in [-0.2, 0) is 13.1 Å². The minimum Gasteiger partial charge on any atom is -0.313 e. The van der Waals surface area contributed by atoms with E-state index in [1.54, 1.807) is 0 Å². The van der Waals surface area contributed by atoms with Gasteiger partial charge in [-0.15, -0.1) is 0 Å². The maximum absolute atomic E-state index is 3.53. The molecular weight excluding hydrogens is 244 g/mol. The van der Waals surface area contributed by atoms with Crippen molar-refractivity contribution in [3.63, 3.8) is 0 Å². The molecule has 2 heteroatoms. The van der Waals surface area contributed by atoms with Crippen molar-refractivity contribution in [1.82, 2.24) is 10.2 Å². The highest BCUT2D eigenvalue weighted by Gasteiger charge is 2.24. The third kappa shape index (κ3) is 5.26. The van der Waals surface area contributed by atoms with Gasteiger partial charge >= 0.3 is 0 Å². The van der Waals surface area contributed by atoms with Crippen LogP contribution in [0.4, 0.5) is 0 Å². The number of nitrogens with one attached hydrogen (secondary N) is 1. The standard InChI is InChI=1S/C18H30N2/c1-3-11-19-13-17-7-5-6-8-18(17)15-20(12-4-2)14-16-9-10-16/h5-8,16,19H,3-4,9-15H2,1-2H3. The molecule has 2 nitrogen and oxygen atoms in total. The first kappa shape index (κ1) is 15.5. The Morgan fingerprint density at radius 2 is 1.85 bits per heavy atom. The van der Waals surface area contributed by atoms with E-state index in [2.05, 4.69) is 48.3 Å². The number of nitrogens with zero attached hydrogens (tertiary/aromatic N) is 1. The van der Waals surface area contributed by atoms with E-state index in [4.69, 9.17) is 0 Å². The van der Waals surface area contributed by atoms with Gasteiger partial charge in [0.05, 0.1) is 0 Å². The van der Waals surface area contributed by atoms with Crippen LogP contribution in [0.25, 0.3) is 0 Å². The first-order chi connectivity index (χ1) is 9.83. The summed E-state index contributed by atoms with van der Waals surface area (Å²) < 4.78 is 0. The molecule has 1 N–H and O–H groups in total. The van der Waals surface area contributed by atoms with Crippen LogP contribution in [0, 0.1) is 5.92 Å². The van der Waals surface area contributed by atoms with Gasteiger partial charge in [0, 0.05) is 19.6 Å². The Labute approximate surface area is 124 Å². The number of hydrogen-bond acceptors (Lipinski definition) is 2. The Hall–Kier alpha value is -0.860. The average molecular weight is 274 g/mol. The predicted octanol–water partition coefficient (Wildman–Crippen LogP) is 3.81. The van der Waals surface area contributed by atoms with Gasteiger partial charge in [0.15, 0.2) is 0 Å². The molecule has 0 aromatic heterocycles. The fourth-order valence-electron chi connectivity index (χ4n) is 2.74. The van der Waals surface area contributed by atoms with E-state index in [0.29, 0.717) is 0 Å². The second-order valence-electron chi connectivity index (χ2n) is 6.12. The molecule has 0 atom stereocenters. The molecule has 0 amide bonds. The Bertz CT molecular complexity index is 385. The first-order valence-corrected chi connectivity index (χ1v) is 8.33. The van der Waals surface area contributed by atoms with Crippen molar-refractivity contribution in [2.24, 2.45) is 5.92 Å². The maximum Gasteiger partial charge on any atom is 0.0237 e. The highest BCUT2D eigenvalue weighted by molar-refractivity contribution is 5.27. The lowest BCUT2D eigenvalue weighted by atomic mass is 10.1. The van der Waals surface area contributed by atoms with Crippen LogP contribution in [0.3, 0.4) is 0 Å². The van der Waals surface area contributed by atoms with Crippen molar-refractivity contribution in [2.75, 3.05) is 19.6 Å². The molecular formula is C18H30N2. The molecule has 1 fully saturated rings. The summed E-state index contributed by atoms with van der Waals surface area (Å²) in [5.41, 5.74) is 2.98. The van der Waals surface area contributed by atoms with Gasteiger partial charge < -0.3 is 5.32 Å². The summed E-state index contributed by atoms with van der Waals surface area (Å²) in [6.07, 6.45) is 5.34. The minimum atomic E-state index is 0.979. The molecule has 0 spiro atoms. The number of rotatable bonds is 10. The third-order valence-electron chi connectivity index (χ3n) is 4.01. The highest BCUT2D eigenvalue weighted by atomic mass is 15.1. The van der Waals surface area contributed by atoms with Crippen molar-refractivity contribution in [2.45, 2.75) is 52.6 Å². The van der Waals surface area contributed by atoms with Gasteiger partial charge in [0.2, 0.25) is 0 Å². The minimum absolute atomic E-state index is 0.979. The Morgan fingerprint density at radius 1 is 1.10 bits per heavy atom. The summed E-state index contributed by atoms with van der Waals surface area (Å²) in [4.78, 5) is 2.65. The van der Waals surface area contributed by atoms with Gasteiger partial charge in [0.25, 0.3) is 0 Å². The van der Waals surface area contributed by atoms with Gasteiger partial charge in [-0.25, -0.2) is 0 Å². The summed E-state index contributed by atoms with van der Waals surface area (Å²) in [6.45, 7) is 10.3. The predicted molar refractivity (Wildman–Crippen MR) is 86.7 cm³/mol. The lowest BCUT2D eigenvalue weighted by Gasteiger charge is -2.23. The summed E-state index contributed by atoms with van der Waals surface area (Å²) in [5, 5.41) is 3.53. The molecule has 0 unspecified atom stereocenters. The van der Waals surface area contributed by atoms with Crippen LogP contribution in [0.15, 0.2) is 24.3 Å². The molecule has 1 saturated carbocycles. The van der Waals surface area contributed by atoms with Crippen LogP contribution < -0.4 is 5.32 Å². The Morgan fingerprint density at radius 3 is 2.50 bits per heavy atom. The topological polar surface area (TPSA) is 15.3 Å². The number of hydrogen-bond donors (Lipinski definition) is 1. The Kier molecular flexibility index (Phi) is 6.55. The average Bonchev–Trinajstić information content (AvgIpc) is 3.25. The lowest BCUT2D eigenvalue weighted by Crippen LogP contribution is -2.27. The highest BCUT2D eigenvalue weighted by Crippen LogP contribution is 2.30. The fraction of sp³-hybridized carbons (Fsp3) is 0.667. The van der Waals surface area contributed by atoms with E-state index in [1.165, 1.54) is 49.9 Å². The van der Waals surface area contributed by atoms with Gasteiger partial charge in [-0.1, -0.05) is 38.1 Å². The van der Waals surface area contributed by atoms with E-state index in [1.807, 2.05) is 0 Å². The molecule has 0 saturated heterocycles. The van der Waals surface area contributed by atoms with E-state index in [-0.39, 0.29) is 0 Å². The second-order valence-corrected chi connectivity index (χ2v) is 6.12. The number of benzene rings is 1. The first-order valence-electron chi connectivity index (χ1n) is 8.33. The van der Waals surface area contributed by atoms with Crippen molar-refractivity contribution in [3.8, 4) is 0 Å². The summed E-state index contributed by atoms with van der Waals surface area (Å²) >= 11 is 0. The van der Waals surface area contributed by atoms with E-state index >= 15 is 0 Å². The third-order valence-corrected chi connectivity index (χ3v) is 4.01. The molecule has 1 aromatic rings. The van der Waals surface area contributed by atoms with Crippen molar-refractivity contribution in [1.29, 1.82) is 0 Å². The van der Waals surface area contributed by atoms with Gasteiger partial charge in [-0.2, -0.15) is 0 Å². The zero-order chi connectivity index (χ0) is 14.2. The molecule has 0 radical (unpaired) electrons. The monoisotopic (exact) mass is 274 g/mol. The molecule has 1 aliphatic carbocycles. The largest absolute Gasteiger partial charge is 0.313 e. The molecule has 1 aromatic carbocycles. The van der Waals surface area contributed by atoms with Crippen LogP contribution >= 0.6 is 0 Å². The van der Waals surface area contributed by atoms with Crippen LogP contribution in [-0.4, -0.2) is 24.5 Å². The van der Waals surface area contributed by atoms with Crippen LogP contribution in [0.5, 0.6) is 0 Å². The quantitative estimate of drug-likeness (QED) is 0.653. The SMILES string of the molecule is CCCNCc1ccccc1CN(CCC)CC1CC1. The van der Waals surface area contributed by atoms with Crippen molar-refractivity contribution >= 4 is 0 Å². The molecule has 0 bridgehead atoms. The normalized spacial score (nSPS) is 14.9. The fourth-order valence-corrected chi connectivity index (χ4v) is 2.74. The Balaban J connectivity index is 1.94. The smallest absolute Gasteiger partial charge is 0.0237 e. The molecule has 0 heterocycles. The van der Waals surface area contributed by atoms with E-state index < -0.39 is 0 Å². The van der Waals surface area contributed by atoms with Crippen molar-refractivity contribution < 1.29 is 0 Å². The molecule has 112 valence electrons. The van der Waals surface area contributed by atoms with E-state index in [0.717, 1.165) is 25.6 Å². The zero-order valence-corrected chi connectivity index (χ0v) is 13.2. The molecule has 20 heavy (non-hydrogen) atoms. The van der Waals surface area contributed by atoms with Crippen LogP contribution in [0.2, 0.25) is 0 Å². The van der Waals surface area contributed by atoms with Crippen molar-refractivity contribution in [3.05, 3.63) is 35.4 Å².